The van der Waals surface area contributed by atoms with Gasteiger partial charge in [-0.05, 0) is 48.7 Å². The molecule has 0 aliphatic carbocycles. The van der Waals surface area contributed by atoms with Crippen LogP contribution in [0.4, 0.5) is 11.4 Å². The molecule has 2 aromatic carbocycles. The molecule has 3 heteroatoms. The fourth-order valence-corrected chi connectivity index (χ4v) is 2.05. The van der Waals surface area contributed by atoms with Gasteiger partial charge < -0.3 is 15.4 Å². The van der Waals surface area contributed by atoms with E-state index in [1.165, 1.54) is 0 Å². The smallest absolute Gasteiger partial charge is 0.119 e. The normalized spacial score (nSPS) is 10.5. The summed E-state index contributed by atoms with van der Waals surface area (Å²) in [5.74, 6) is 1.62. The van der Waals surface area contributed by atoms with E-state index in [4.69, 9.17) is 4.74 Å². The first-order chi connectivity index (χ1) is 10.7. The second-order valence-corrected chi connectivity index (χ2v) is 5.77. The van der Waals surface area contributed by atoms with Gasteiger partial charge in [0.15, 0.2) is 0 Å². The molecule has 2 aromatic rings. The Morgan fingerprint density at radius 1 is 0.818 bits per heavy atom. The van der Waals surface area contributed by atoms with Crippen molar-refractivity contribution in [3.05, 3.63) is 54.6 Å². The third-order valence-electron chi connectivity index (χ3n) is 3.38. The van der Waals surface area contributed by atoms with Crippen molar-refractivity contribution >= 4 is 11.4 Å². The Morgan fingerprint density at radius 3 is 2.00 bits per heavy atom. The zero-order valence-electron chi connectivity index (χ0n) is 13.5. The molecule has 0 bridgehead atoms. The fourth-order valence-electron chi connectivity index (χ4n) is 2.05. The zero-order chi connectivity index (χ0) is 15.6. The van der Waals surface area contributed by atoms with Gasteiger partial charge >= 0.3 is 0 Å². The average molecular weight is 298 g/mol. The molecule has 3 nitrogen and oxygen atoms in total. The third kappa shape index (κ3) is 6.08. The van der Waals surface area contributed by atoms with Crippen LogP contribution >= 0.6 is 0 Å². The van der Waals surface area contributed by atoms with Crippen molar-refractivity contribution in [2.45, 2.75) is 20.3 Å². The summed E-state index contributed by atoms with van der Waals surface area (Å²) in [4.78, 5) is 0. The lowest BCUT2D eigenvalue weighted by molar-refractivity contribution is 0.289. The Kier molecular flexibility index (Phi) is 6.62. The lowest BCUT2D eigenvalue weighted by Gasteiger charge is -2.11. The van der Waals surface area contributed by atoms with Gasteiger partial charge in [-0.2, -0.15) is 0 Å². The number of hydrogen-bond acceptors (Lipinski definition) is 3. The van der Waals surface area contributed by atoms with Crippen LogP contribution in [0.1, 0.15) is 20.3 Å². The van der Waals surface area contributed by atoms with E-state index in [-0.39, 0.29) is 0 Å². The predicted octanol–water partition coefficient (Wildman–Crippen LogP) is 4.64. The zero-order valence-corrected chi connectivity index (χ0v) is 13.5. The number of para-hydroxylation sites is 1. The van der Waals surface area contributed by atoms with E-state index in [0.717, 1.165) is 43.2 Å². The molecule has 0 unspecified atom stereocenters. The first kappa shape index (κ1) is 16.2. The molecule has 0 amide bonds. The van der Waals surface area contributed by atoms with Crippen molar-refractivity contribution in [2.75, 3.05) is 30.3 Å². The summed E-state index contributed by atoms with van der Waals surface area (Å²) in [5.41, 5.74) is 2.27. The predicted molar refractivity (Wildman–Crippen MR) is 94.8 cm³/mol. The molecule has 0 fully saturated rings. The van der Waals surface area contributed by atoms with Crippen LogP contribution in [0, 0.1) is 5.92 Å². The SMILES string of the molecule is CC(C)CCOc1ccc(NCCNc2ccccc2)cc1. The van der Waals surface area contributed by atoms with Crippen molar-refractivity contribution in [3.63, 3.8) is 0 Å². The van der Waals surface area contributed by atoms with Crippen molar-refractivity contribution < 1.29 is 4.74 Å². The first-order valence-corrected chi connectivity index (χ1v) is 7.99. The van der Waals surface area contributed by atoms with Crippen LogP contribution in [0.3, 0.4) is 0 Å². The molecule has 0 radical (unpaired) electrons. The summed E-state index contributed by atoms with van der Waals surface area (Å²) >= 11 is 0. The minimum Gasteiger partial charge on any atom is -0.494 e. The van der Waals surface area contributed by atoms with Crippen molar-refractivity contribution in [1.29, 1.82) is 0 Å². The molecule has 2 rings (SSSR count). The van der Waals surface area contributed by atoms with Crippen LogP contribution in [0.15, 0.2) is 54.6 Å². The van der Waals surface area contributed by atoms with Crippen molar-refractivity contribution in [2.24, 2.45) is 5.92 Å². The number of nitrogens with one attached hydrogen (secondary N) is 2. The topological polar surface area (TPSA) is 33.3 Å². The number of anilines is 2. The Hall–Kier alpha value is -2.16. The summed E-state index contributed by atoms with van der Waals surface area (Å²) in [5, 5.41) is 6.78. The molecule has 0 spiro atoms. The van der Waals surface area contributed by atoms with Crippen LogP contribution in [-0.2, 0) is 0 Å². The van der Waals surface area contributed by atoms with Gasteiger partial charge in [0.05, 0.1) is 6.61 Å². The molecule has 0 saturated carbocycles. The van der Waals surface area contributed by atoms with Gasteiger partial charge in [0.25, 0.3) is 0 Å². The average Bonchev–Trinajstić information content (AvgIpc) is 2.54. The summed E-state index contributed by atoms with van der Waals surface area (Å²) in [6.45, 7) is 6.96. The largest absolute Gasteiger partial charge is 0.494 e. The molecule has 0 aliphatic heterocycles. The van der Waals surface area contributed by atoms with Crippen LogP contribution in [0.5, 0.6) is 5.75 Å². The van der Waals surface area contributed by atoms with E-state index in [1.807, 2.05) is 30.3 Å². The number of rotatable bonds is 9. The van der Waals surface area contributed by atoms with Gasteiger partial charge in [-0.3, -0.25) is 0 Å². The van der Waals surface area contributed by atoms with Gasteiger partial charge in [0.2, 0.25) is 0 Å². The second kappa shape index (κ2) is 8.98. The molecule has 2 N–H and O–H groups in total. The maximum absolute atomic E-state index is 5.72. The van der Waals surface area contributed by atoms with E-state index in [0.29, 0.717) is 5.92 Å². The van der Waals surface area contributed by atoms with E-state index < -0.39 is 0 Å². The molecule has 22 heavy (non-hydrogen) atoms. The maximum Gasteiger partial charge on any atom is 0.119 e. The molecule has 0 atom stereocenters. The van der Waals surface area contributed by atoms with Gasteiger partial charge in [-0.15, -0.1) is 0 Å². The van der Waals surface area contributed by atoms with Gasteiger partial charge in [0, 0.05) is 24.5 Å². The third-order valence-corrected chi connectivity index (χ3v) is 3.38. The highest BCUT2D eigenvalue weighted by molar-refractivity contribution is 5.47. The quantitative estimate of drug-likeness (QED) is 0.662. The van der Waals surface area contributed by atoms with Crippen molar-refractivity contribution in [1.82, 2.24) is 0 Å². The Balaban J connectivity index is 1.66. The van der Waals surface area contributed by atoms with Crippen LogP contribution in [0.2, 0.25) is 0 Å². The summed E-state index contributed by atoms with van der Waals surface area (Å²) in [6, 6.07) is 18.4. The fraction of sp³-hybridized carbons (Fsp3) is 0.368. The van der Waals surface area contributed by atoms with Crippen molar-refractivity contribution in [3.8, 4) is 5.75 Å². The Labute approximate surface area is 133 Å². The Bertz CT molecular complexity index is 523. The van der Waals surface area contributed by atoms with E-state index in [9.17, 15) is 0 Å². The van der Waals surface area contributed by atoms with Gasteiger partial charge in [-0.25, -0.2) is 0 Å². The van der Waals surface area contributed by atoms with Gasteiger partial charge in [0.1, 0.15) is 5.75 Å². The molecule has 0 saturated heterocycles. The van der Waals surface area contributed by atoms with E-state index in [1.54, 1.807) is 0 Å². The summed E-state index contributed by atoms with van der Waals surface area (Å²) in [7, 11) is 0. The molecular formula is C19H26N2O. The van der Waals surface area contributed by atoms with Crippen LogP contribution in [0.25, 0.3) is 0 Å². The number of benzene rings is 2. The lowest BCUT2D eigenvalue weighted by atomic mass is 10.1. The Morgan fingerprint density at radius 2 is 1.41 bits per heavy atom. The van der Waals surface area contributed by atoms with E-state index >= 15 is 0 Å². The second-order valence-electron chi connectivity index (χ2n) is 5.77. The molecule has 0 heterocycles. The first-order valence-electron chi connectivity index (χ1n) is 7.99. The minimum absolute atomic E-state index is 0.679. The lowest BCUT2D eigenvalue weighted by Crippen LogP contribution is -2.13. The standard InChI is InChI=1S/C19H26N2O/c1-16(2)12-15-22-19-10-8-18(9-11-19)21-14-13-20-17-6-4-3-5-7-17/h3-11,16,20-21H,12-15H2,1-2H3. The highest BCUT2D eigenvalue weighted by atomic mass is 16.5. The van der Waals surface area contributed by atoms with Gasteiger partial charge in [-0.1, -0.05) is 32.0 Å². The molecule has 0 aliphatic rings. The summed E-state index contributed by atoms with van der Waals surface area (Å²) in [6.07, 6.45) is 1.09. The highest BCUT2D eigenvalue weighted by Crippen LogP contribution is 2.16. The van der Waals surface area contributed by atoms with E-state index in [2.05, 4.69) is 48.7 Å². The molecular weight excluding hydrogens is 272 g/mol. The number of ether oxygens (including phenoxy) is 1. The minimum atomic E-state index is 0.679. The number of hydrogen-bond donors (Lipinski definition) is 2. The monoisotopic (exact) mass is 298 g/mol. The van der Waals surface area contributed by atoms with Crippen LogP contribution < -0.4 is 15.4 Å². The van der Waals surface area contributed by atoms with Crippen LogP contribution in [-0.4, -0.2) is 19.7 Å². The molecule has 118 valence electrons. The summed E-state index contributed by atoms with van der Waals surface area (Å²) < 4.78 is 5.72. The highest BCUT2D eigenvalue weighted by Gasteiger charge is 1.97. The maximum atomic E-state index is 5.72. The molecule has 0 aromatic heterocycles.